The number of fused-ring (bicyclic) bond motifs is 12. The van der Waals surface area contributed by atoms with E-state index in [9.17, 15) is 5.48 Å². The Morgan fingerprint density at radius 1 is 0.373 bits per heavy atom. The van der Waals surface area contributed by atoms with Gasteiger partial charge in [-0.15, -0.1) is 0 Å². The van der Waals surface area contributed by atoms with E-state index < -0.39 is 36.3 Å². The Bertz CT molecular complexity index is 4740. The smallest absolute Gasteiger partial charge is 0.159 e. The number of anilines is 6. The number of hydrogen-bond donors (Lipinski definition) is 0. The quantitative estimate of drug-likeness (QED) is 0.156. The lowest BCUT2D eigenvalue weighted by molar-refractivity contribution is 0.487. The molecule has 0 radical (unpaired) electrons. The SMILES string of the molecule is [2H]c1c([2H])c([2H])c(N(c2ccc3c(c2)Oc2cc(C)cc4c2c-3cc2c3cc(C)ccc3c(N(c3c([2H])c([2H])c([2H])c([2H])c3[2H])c3cccc5c3oc3ccccc35)cc42)c2cccc3c2oc2ccccc23)c([2H])c1[2H]. The fourth-order valence-corrected chi connectivity index (χ4v) is 10.2. The minimum atomic E-state index is -0.507. The van der Waals surface area contributed by atoms with Crippen LogP contribution in [0.15, 0.2) is 215 Å². The third-order valence-electron chi connectivity index (χ3n) is 13.1. The molecule has 316 valence electrons. The van der Waals surface area contributed by atoms with Gasteiger partial charge in [-0.1, -0.05) is 127 Å². The van der Waals surface area contributed by atoms with Gasteiger partial charge in [-0.2, -0.15) is 0 Å². The zero-order chi connectivity index (χ0) is 53.0. The maximum Gasteiger partial charge on any atom is 0.159 e. The summed E-state index contributed by atoms with van der Waals surface area (Å²) in [4.78, 5) is 3.41. The summed E-state index contributed by atoms with van der Waals surface area (Å²) in [6.45, 7) is 4.01. The van der Waals surface area contributed by atoms with Crippen LogP contribution in [0.2, 0.25) is 0 Å². The van der Waals surface area contributed by atoms with Gasteiger partial charge in [-0.3, -0.25) is 0 Å². The number of nitrogens with zero attached hydrogens (tertiary/aromatic N) is 2. The Morgan fingerprint density at radius 3 is 1.64 bits per heavy atom. The largest absolute Gasteiger partial charge is 0.456 e. The van der Waals surface area contributed by atoms with Crippen molar-refractivity contribution in [3.8, 4) is 22.6 Å². The summed E-state index contributed by atoms with van der Waals surface area (Å²) in [5.74, 6) is 1.04. The van der Waals surface area contributed by atoms with E-state index in [1.165, 1.54) is 0 Å². The molecule has 3 heterocycles. The van der Waals surface area contributed by atoms with Crippen molar-refractivity contribution >= 4 is 110 Å². The molecule has 5 heteroatoms. The summed E-state index contributed by atoms with van der Waals surface area (Å²) < 4.78 is 110. The molecule has 0 aliphatic carbocycles. The Hall–Kier alpha value is -8.80. The number of rotatable bonds is 6. The molecule has 14 rings (SSSR count). The van der Waals surface area contributed by atoms with Gasteiger partial charge in [-0.25, -0.2) is 0 Å². The molecule has 0 fully saturated rings. The molecule has 0 spiro atoms. The van der Waals surface area contributed by atoms with E-state index in [4.69, 9.17) is 21.8 Å². The number of furan rings is 2. The minimum absolute atomic E-state index is 0.0358. The molecule has 0 bridgehead atoms. The lowest BCUT2D eigenvalue weighted by Crippen LogP contribution is -2.11. The molecule has 5 nitrogen and oxygen atoms in total. The second-order valence-corrected chi connectivity index (χ2v) is 17.1. The minimum Gasteiger partial charge on any atom is -0.456 e. The number of benzene rings is 11. The highest BCUT2D eigenvalue weighted by atomic mass is 16.5. The summed E-state index contributed by atoms with van der Waals surface area (Å²) in [6, 6.07) is 42.3. The Kier molecular flexibility index (Phi) is 6.19. The van der Waals surface area contributed by atoms with E-state index in [0.717, 1.165) is 76.1 Å². The molecule has 0 atom stereocenters. The van der Waals surface area contributed by atoms with Crippen LogP contribution in [0.25, 0.3) is 87.3 Å². The molecule has 0 amide bonds. The molecule has 1 aliphatic heterocycles. The molecule has 13 aromatic rings. The van der Waals surface area contributed by atoms with Crippen LogP contribution in [-0.2, 0) is 0 Å². The van der Waals surface area contributed by atoms with Crippen LogP contribution >= 0.6 is 0 Å². The second-order valence-electron chi connectivity index (χ2n) is 17.1. The van der Waals surface area contributed by atoms with E-state index in [2.05, 4.69) is 18.2 Å². The van der Waals surface area contributed by atoms with Crippen LogP contribution in [0, 0.1) is 13.8 Å². The first-order valence-electron chi connectivity index (χ1n) is 27.0. The van der Waals surface area contributed by atoms with Crippen LogP contribution in [0.5, 0.6) is 11.5 Å². The number of hydrogen-bond acceptors (Lipinski definition) is 5. The monoisotopic (exact) mass is 870 g/mol. The summed E-state index contributed by atoms with van der Waals surface area (Å²) >= 11 is 0. The average molecular weight is 871 g/mol. The van der Waals surface area contributed by atoms with Crippen LogP contribution in [0.3, 0.4) is 0 Å². The Morgan fingerprint density at radius 2 is 0.955 bits per heavy atom. The molecule has 0 N–H and O–H groups in total. The van der Waals surface area contributed by atoms with Crippen molar-refractivity contribution in [1.29, 1.82) is 0 Å². The number of aryl methyl sites for hydroxylation is 2. The van der Waals surface area contributed by atoms with Crippen molar-refractivity contribution in [1.82, 2.24) is 0 Å². The molecule has 0 saturated carbocycles. The lowest BCUT2D eigenvalue weighted by atomic mass is 9.87. The Labute approximate surface area is 399 Å². The van der Waals surface area contributed by atoms with E-state index in [1.54, 1.807) is 9.80 Å². The zero-order valence-electron chi connectivity index (χ0n) is 46.0. The molecule has 0 unspecified atom stereocenters. The van der Waals surface area contributed by atoms with Gasteiger partial charge < -0.3 is 23.4 Å². The van der Waals surface area contributed by atoms with Crippen LogP contribution < -0.4 is 14.5 Å². The first-order chi connectivity index (χ1) is 37.2. The molecule has 1 aliphatic rings. The fraction of sp³-hybridized carbons (Fsp3) is 0.0323. The lowest BCUT2D eigenvalue weighted by Gasteiger charge is -2.29. The van der Waals surface area contributed by atoms with Gasteiger partial charge >= 0.3 is 0 Å². The van der Waals surface area contributed by atoms with Crippen molar-refractivity contribution in [2.24, 2.45) is 0 Å². The van der Waals surface area contributed by atoms with Crippen molar-refractivity contribution in [3.63, 3.8) is 0 Å². The first-order valence-corrected chi connectivity index (χ1v) is 22.0. The first kappa shape index (κ1) is 28.9. The van der Waals surface area contributed by atoms with E-state index in [0.29, 0.717) is 56.6 Å². The molecule has 0 saturated heterocycles. The van der Waals surface area contributed by atoms with Crippen molar-refractivity contribution < 1.29 is 27.3 Å². The van der Waals surface area contributed by atoms with Gasteiger partial charge in [0, 0.05) is 55.3 Å². The highest BCUT2D eigenvalue weighted by Crippen LogP contribution is 2.54. The fourth-order valence-electron chi connectivity index (χ4n) is 10.2. The van der Waals surface area contributed by atoms with Crippen LogP contribution in [-0.4, -0.2) is 0 Å². The molecular formula is C62H40N2O3. The van der Waals surface area contributed by atoms with Gasteiger partial charge in [0.15, 0.2) is 11.2 Å². The van der Waals surface area contributed by atoms with E-state index >= 15 is 0 Å². The summed E-state index contributed by atoms with van der Waals surface area (Å²) in [5, 5.41) is 8.33. The van der Waals surface area contributed by atoms with Crippen LogP contribution in [0.1, 0.15) is 24.8 Å². The average Bonchev–Trinajstić information content (AvgIpc) is 4.17. The maximum absolute atomic E-state index is 9.44. The summed E-state index contributed by atoms with van der Waals surface area (Å²) in [6.07, 6.45) is 0. The van der Waals surface area contributed by atoms with Gasteiger partial charge in [-0.05, 0) is 125 Å². The maximum atomic E-state index is 9.44. The molecule has 11 aromatic carbocycles. The van der Waals surface area contributed by atoms with Crippen molar-refractivity contribution in [2.45, 2.75) is 13.8 Å². The predicted octanol–water partition coefficient (Wildman–Crippen LogP) is 18.3. The zero-order valence-corrected chi connectivity index (χ0v) is 36.0. The standard InChI is InChI=1S/C62H40N2O3/c1-37-27-29-42-48(31-37)49-35-52-45-30-28-41(63(39-15-5-3-6-16-39)53-23-13-21-46-43-19-9-11-25-56(43)66-61(46)53)34-58(45)65-59-33-38(2)32-51(60(52)59)50(49)36-55(42)64(40-17-7-4-8-18-40)54-24-14-22-47-44-20-10-12-26-57(44)67-62(47)54/h3-36H,1-2H3/i3D,4D,5D,6D,7D,8D,15D,16D,17D,18D. The van der Waals surface area contributed by atoms with Crippen molar-refractivity contribution in [2.75, 3.05) is 9.80 Å². The summed E-state index contributed by atoms with van der Waals surface area (Å²) in [5.41, 5.74) is 7.60. The van der Waals surface area contributed by atoms with E-state index in [1.807, 2.05) is 141 Å². The number of para-hydroxylation sites is 6. The molecular weight excluding hydrogens is 821 g/mol. The Balaban J connectivity index is 1.04. The third kappa shape index (κ3) is 5.68. The number of ether oxygens (including phenoxy) is 1. The normalized spacial score (nSPS) is 14.2. The molecule has 2 aromatic heterocycles. The second kappa shape index (κ2) is 14.4. The molecule has 67 heavy (non-hydrogen) atoms. The van der Waals surface area contributed by atoms with Gasteiger partial charge in [0.2, 0.25) is 0 Å². The van der Waals surface area contributed by atoms with Gasteiger partial charge in [0.25, 0.3) is 0 Å². The van der Waals surface area contributed by atoms with Gasteiger partial charge in [0.1, 0.15) is 22.7 Å². The summed E-state index contributed by atoms with van der Waals surface area (Å²) in [7, 11) is 0. The highest BCUT2D eigenvalue weighted by Gasteiger charge is 2.28. The third-order valence-corrected chi connectivity index (χ3v) is 13.1. The van der Waals surface area contributed by atoms with Gasteiger partial charge in [0.05, 0.1) is 36.5 Å². The highest BCUT2D eigenvalue weighted by molar-refractivity contribution is 6.26. The topological polar surface area (TPSA) is 42.0 Å². The van der Waals surface area contributed by atoms with Crippen LogP contribution in [0.4, 0.5) is 34.1 Å². The van der Waals surface area contributed by atoms with E-state index in [-0.39, 0.29) is 35.5 Å². The van der Waals surface area contributed by atoms with Crippen molar-refractivity contribution in [3.05, 3.63) is 217 Å². The predicted molar refractivity (Wildman–Crippen MR) is 278 cm³/mol.